The minimum atomic E-state index is -0.523. The average Bonchev–Trinajstić information content (AvgIpc) is 2.69. The molecule has 1 fully saturated rings. The SMILES string of the molecule is C=C1COC(COCc2ccccc2)CN(C(=O)OC(C)(C)C)C1. The number of benzene rings is 1. The largest absolute Gasteiger partial charge is 0.444 e. The first-order valence-electron chi connectivity index (χ1n) is 8.21. The van der Waals surface area contributed by atoms with Gasteiger partial charge in [-0.2, -0.15) is 0 Å². The van der Waals surface area contributed by atoms with Crippen molar-refractivity contribution < 1.29 is 19.0 Å². The normalized spacial score (nSPS) is 19.0. The van der Waals surface area contributed by atoms with Crippen molar-refractivity contribution in [2.45, 2.75) is 39.1 Å². The van der Waals surface area contributed by atoms with Crippen molar-refractivity contribution in [3.05, 3.63) is 48.0 Å². The molecule has 5 heteroatoms. The van der Waals surface area contributed by atoms with Gasteiger partial charge in [-0.1, -0.05) is 36.9 Å². The van der Waals surface area contributed by atoms with Crippen LogP contribution in [0.15, 0.2) is 42.5 Å². The lowest BCUT2D eigenvalue weighted by Gasteiger charge is -2.28. The third kappa shape index (κ3) is 6.34. The van der Waals surface area contributed by atoms with E-state index < -0.39 is 5.60 Å². The molecule has 0 aromatic heterocycles. The summed E-state index contributed by atoms with van der Waals surface area (Å²) in [4.78, 5) is 14.0. The number of ether oxygens (including phenoxy) is 3. The summed E-state index contributed by atoms with van der Waals surface area (Å²) in [6, 6.07) is 9.97. The zero-order chi connectivity index (χ0) is 17.6. The van der Waals surface area contributed by atoms with Crippen LogP contribution in [-0.2, 0) is 20.8 Å². The minimum Gasteiger partial charge on any atom is -0.444 e. The van der Waals surface area contributed by atoms with E-state index in [0.717, 1.165) is 11.1 Å². The molecule has 5 nitrogen and oxygen atoms in total. The summed E-state index contributed by atoms with van der Waals surface area (Å²) in [5, 5.41) is 0. The zero-order valence-corrected chi connectivity index (χ0v) is 14.8. The highest BCUT2D eigenvalue weighted by molar-refractivity contribution is 5.68. The summed E-state index contributed by atoms with van der Waals surface area (Å²) in [6.07, 6.45) is -0.539. The van der Waals surface area contributed by atoms with Crippen LogP contribution in [-0.4, -0.2) is 49.0 Å². The number of hydrogen-bond donors (Lipinski definition) is 0. The predicted molar refractivity (Wildman–Crippen MR) is 92.8 cm³/mol. The van der Waals surface area contributed by atoms with Gasteiger partial charge in [0.1, 0.15) is 5.60 Å². The first kappa shape index (κ1) is 18.5. The third-order valence-corrected chi connectivity index (χ3v) is 3.43. The Labute approximate surface area is 144 Å². The van der Waals surface area contributed by atoms with Gasteiger partial charge >= 0.3 is 6.09 Å². The van der Waals surface area contributed by atoms with E-state index in [9.17, 15) is 4.79 Å². The molecule has 24 heavy (non-hydrogen) atoms. The number of nitrogens with zero attached hydrogens (tertiary/aromatic N) is 1. The molecule has 0 bridgehead atoms. The summed E-state index contributed by atoms with van der Waals surface area (Å²) in [5.74, 6) is 0. The lowest BCUT2D eigenvalue weighted by Crippen LogP contribution is -2.41. The van der Waals surface area contributed by atoms with Crippen molar-refractivity contribution in [3.8, 4) is 0 Å². The molecule has 1 saturated heterocycles. The predicted octanol–water partition coefficient (Wildman–Crippen LogP) is 3.40. The maximum atomic E-state index is 12.3. The van der Waals surface area contributed by atoms with Gasteiger partial charge in [0.05, 0.1) is 32.5 Å². The molecule has 1 amide bonds. The number of carbonyl (C=O) groups excluding carboxylic acids is 1. The third-order valence-electron chi connectivity index (χ3n) is 3.43. The molecule has 1 aromatic carbocycles. The van der Waals surface area contributed by atoms with Crippen LogP contribution in [0.25, 0.3) is 0 Å². The van der Waals surface area contributed by atoms with Crippen molar-refractivity contribution in [1.29, 1.82) is 0 Å². The zero-order valence-electron chi connectivity index (χ0n) is 14.8. The molecule has 1 aliphatic heterocycles. The van der Waals surface area contributed by atoms with Crippen LogP contribution in [0.1, 0.15) is 26.3 Å². The van der Waals surface area contributed by atoms with Crippen molar-refractivity contribution in [2.75, 3.05) is 26.3 Å². The van der Waals surface area contributed by atoms with E-state index in [0.29, 0.717) is 32.9 Å². The second kappa shape index (κ2) is 8.31. The van der Waals surface area contributed by atoms with Crippen LogP contribution < -0.4 is 0 Å². The molecule has 0 aliphatic carbocycles. The van der Waals surface area contributed by atoms with Gasteiger partial charge in [-0.25, -0.2) is 4.79 Å². The van der Waals surface area contributed by atoms with Crippen molar-refractivity contribution in [1.82, 2.24) is 4.90 Å². The van der Waals surface area contributed by atoms with Crippen molar-refractivity contribution in [2.24, 2.45) is 0 Å². The number of amides is 1. The fourth-order valence-electron chi connectivity index (χ4n) is 2.36. The first-order valence-corrected chi connectivity index (χ1v) is 8.21. The molecule has 1 aliphatic rings. The van der Waals surface area contributed by atoms with Gasteiger partial charge in [0.25, 0.3) is 0 Å². The molecule has 1 heterocycles. The van der Waals surface area contributed by atoms with Crippen LogP contribution >= 0.6 is 0 Å². The van der Waals surface area contributed by atoms with E-state index in [1.807, 2.05) is 51.1 Å². The Bertz CT molecular complexity index is 550. The molecule has 1 aromatic rings. The van der Waals surface area contributed by atoms with E-state index in [1.165, 1.54) is 0 Å². The van der Waals surface area contributed by atoms with Gasteiger partial charge in [0, 0.05) is 6.54 Å². The highest BCUT2D eigenvalue weighted by atomic mass is 16.6. The van der Waals surface area contributed by atoms with Crippen LogP contribution in [0.4, 0.5) is 4.79 Å². The molecular formula is C19H27NO4. The highest BCUT2D eigenvalue weighted by Crippen LogP contribution is 2.15. The number of carbonyl (C=O) groups is 1. The van der Waals surface area contributed by atoms with Crippen LogP contribution in [0, 0.1) is 0 Å². The van der Waals surface area contributed by atoms with Gasteiger partial charge in [-0.15, -0.1) is 0 Å². The Balaban J connectivity index is 1.88. The fourth-order valence-corrected chi connectivity index (χ4v) is 2.36. The lowest BCUT2D eigenvalue weighted by molar-refractivity contribution is -0.0237. The van der Waals surface area contributed by atoms with Gasteiger partial charge in [-0.05, 0) is 31.9 Å². The average molecular weight is 333 g/mol. The monoisotopic (exact) mass is 333 g/mol. The molecule has 0 radical (unpaired) electrons. The van der Waals surface area contributed by atoms with Gasteiger partial charge < -0.3 is 19.1 Å². The summed E-state index contributed by atoms with van der Waals surface area (Å²) in [5.41, 5.74) is 1.44. The van der Waals surface area contributed by atoms with Gasteiger partial charge in [-0.3, -0.25) is 0 Å². The Morgan fingerprint density at radius 3 is 2.71 bits per heavy atom. The molecule has 132 valence electrons. The van der Waals surface area contributed by atoms with E-state index in [4.69, 9.17) is 14.2 Å². The number of hydrogen-bond acceptors (Lipinski definition) is 4. The van der Waals surface area contributed by atoms with E-state index in [-0.39, 0.29) is 12.2 Å². The van der Waals surface area contributed by atoms with Crippen molar-refractivity contribution in [3.63, 3.8) is 0 Å². The second-order valence-corrected chi connectivity index (χ2v) is 7.04. The summed E-state index contributed by atoms with van der Waals surface area (Å²) in [7, 11) is 0. The number of rotatable bonds is 4. The Hall–Kier alpha value is -1.85. The summed E-state index contributed by atoms with van der Waals surface area (Å²) >= 11 is 0. The molecule has 1 atom stereocenters. The minimum absolute atomic E-state index is 0.194. The summed E-state index contributed by atoms with van der Waals surface area (Å²) in [6.45, 7) is 11.8. The second-order valence-electron chi connectivity index (χ2n) is 7.04. The Morgan fingerprint density at radius 2 is 2.04 bits per heavy atom. The molecule has 0 saturated carbocycles. The standard InChI is InChI=1S/C19H27NO4/c1-15-10-20(18(21)24-19(2,3)4)11-17(23-12-15)14-22-13-16-8-6-5-7-9-16/h5-9,17H,1,10-14H2,2-4H3. The van der Waals surface area contributed by atoms with Gasteiger partial charge in [0.2, 0.25) is 0 Å². The fraction of sp³-hybridized carbons (Fsp3) is 0.526. The van der Waals surface area contributed by atoms with E-state index in [2.05, 4.69) is 6.58 Å². The summed E-state index contributed by atoms with van der Waals surface area (Å²) < 4.78 is 17.0. The highest BCUT2D eigenvalue weighted by Gasteiger charge is 2.28. The van der Waals surface area contributed by atoms with Crippen molar-refractivity contribution >= 4 is 6.09 Å². The van der Waals surface area contributed by atoms with E-state index >= 15 is 0 Å². The molecule has 0 spiro atoms. The molecular weight excluding hydrogens is 306 g/mol. The topological polar surface area (TPSA) is 48.0 Å². The van der Waals surface area contributed by atoms with E-state index in [1.54, 1.807) is 4.90 Å². The quantitative estimate of drug-likeness (QED) is 0.793. The smallest absolute Gasteiger partial charge is 0.410 e. The Kier molecular flexibility index (Phi) is 6.40. The molecule has 2 rings (SSSR count). The maximum absolute atomic E-state index is 12.3. The van der Waals surface area contributed by atoms with Crippen LogP contribution in [0.5, 0.6) is 0 Å². The van der Waals surface area contributed by atoms with Crippen LogP contribution in [0.2, 0.25) is 0 Å². The molecule has 1 unspecified atom stereocenters. The maximum Gasteiger partial charge on any atom is 0.410 e. The first-order chi connectivity index (χ1) is 11.3. The van der Waals surface area contributed by atoms with Crippen LogP contribution in [0.3, 0.4) is 0 Å². The van der Waals surface area contributed by atoms with Gasteiger partial charge in [0.15, 0.2) is 0 Å². The Morgan fingerprint density at radius 1 is 1.33 bits per heavy atom. The lowest BCUT2D eigenvalue weighted by atomic mass is 10.2. The molecule has 0 N–H and O–H groups in total.